The zero-order chi connectivity index (χ0) is 22.4. The number of amides is 3. The lowest BCUT2D eigenvalue weighted by Crippen LogP contribution is -2.40. The summed E-state index contributed by atoms with van der Waals surface area (Å²) >= 11 is 0. The number of hydrogen-bond acceptors (Lipinski definition) is 6. The number of aryl methyl sites for hydroxylation is 2. The molecule has 0 aromatic carbocycles. The number of rotatable bonds is 5. The van der Waals surface area contributed by atoms with Crippen LogP contribution >= 0.6 is 0 Å². The third-order valence-electron chi connectivity index (χ3n) is 6.11. The van der Waals surface area contributed by atoms with Gasteiger partial charge in [-0.25, -0.2) is 0 Å². The lowest BCUT2D eigenvalue weighted by atomic mass is 10.0. The summed E-state index contributed by atoms with van der Waals surface area (Å²) in [6, 6.07) is 3.93. The van der Waals surface area contributed by atoms with E-state index < -0.39 is 0 Å². The normalized spacial score (nSPS) is 18.3. The molecule has 0 radical (unpaired) electrons. The van der Waals surface area contributed by atoms with Crippen LogP contribution in [0.3, 0.4) is 0 Å². The van der Waals surface area contributed by atoms with E-state index in [2.05, 4.69) is 15.3 Å². The Morgan fingerprint density at radius 1 is 1.12 bits per heavy atom. The van der Waals surface area contributed by atoms with Crippen LogP contribution in [0.5, 0.6) is 0 Å². The van der Waals surface area contributed by atoms with Gasteiger partial charge >= 0.3 is 0 Å². The van der Waals surface area contributed by atoms with Crippen LogP contribution in [-0.4, -0.2) is 56.6 Å². The predicted octanol–water partition coefficient (Wildman–Crippen LogP) is 2.58. The number of imide groups is 1. The summed E-state index contributed by atoms with van der Waals surface area (Å²) in [5.41, 5.74) is 5.30. The summed E-state index contributed by atoms with van der Waals surface area (Å²) in [6.45, 7) is 4.53. The fraction of sp³-hybridized carbons (Fsp3) is 0.375. The summed E-state index contributed by atoms with van der Waals surface area (Å²) in [5.74, 6) is -0.651. The molecule has 0 spiro atoms. The van der Waals surface area contributed by atoms with E-state index in [0.717, 1.165) is 41.6 Å². The maximum Gasteiger partial charge on any atom is 0.277 e. The third kappa shape index (κ3) is 3.66. The van der Waals surface area contributed by atoms with E-state index in [0.29, 0.717) is 29.9 Å². The molecule has 2 aromatic rings. The van der Waals surface area contributed by atoms with Crippen LogP contribution in [0.2, 0.25) is 0 Å². The molecule has 1 N–H and O–H groups in total. The number of hydrogen-bond donors (Lipinski definition) is 1. The van der Waals surface area contributed by atoms with Crippen LogP contribution in [0, 0.1) is 13.8 Å². The highest BCUT2D eigenvalue weighted by atomic mass is 16.2. The molecule has 1 aliphatic carbocycles. The van der Waals surface area contributed by atoms with Gasteiger partial charge in [0.1, 0.15) is 5.70 Å². The first-order valence-corrected chi connectivity index (χ1v) is 11.0. The van der Waals surface area contributed by atoms with Gasteiger partial charge in [-0.2, -0.15) is 0 Å². The van der Waals surface area contributed by atoms with Gasteiger partial charge in [0.15, 0.2) is 0 Å². The van der Waals surface area contributed by atoms with Crippen molar-refractivity contribution in [3.8, 4) is 11.3 Å². The molecule has 0 atom stereocenters. The number of nitrogens with zero attached hydrogens (tertiary/aromatic N) is 4. The molecule has 32 heavy (non-hydrogen) atoms. The van der Waals surface area contributed by atoms with Crippen molar-refractivity contribution in [2.24, 2.45) is 0 Å². The molecular weight excluding hydrogens is 406 g/mol. The van der Waals surface area contributed by atoms with E-state index in [-0.39, 0.29) is 30.3 Å². The third-order valence-corrected chi connectivity index (χ3v) is 6.11. The quantitative estimate of drug-likeness (QED) is 0.731. The number of aromatic nitrogens is 2. The fourth-order valence-corrected chi connectivity index (χ4v) is 4.52. The SMILES string of the molecule is Cc1cncc(-c2ncc(NC(=O)CN3CCCC4=C3C(=O)N(C3CC3)C4=O)cc2C)c1. The minimum absolute atomic E-state index is 0.0267. The fourth-order valence-electron chi connectivity index (χ4n) is 4.52. The molecule has 8 nitrogen and oxygen atoms in total. The molecule has 4 heterocycles. The molecule has 2 aliphatic heterocycles. The van der Waals surface area contributed by atoms with Gasteiger partial charge in [-0.15, -0.1) is 0 Å². The summed E-state index contributed by atoms with van der Waals surface area (Å²) in [5, 5.41) is 2.88. The molecule has 1 saturated carbocycles. The Balaban J connectivity index is 1.29. The Labute approximate surface area is 186 Å². The van der Waals surface area contributed by atoms with Gasteiger partial charge in [0.25, 0.3) is 11.8 Å². The first-order valence-electron chi connectivity index (χ1n) is 11.0. The molecule has 3 amide bonds. The zero-order valence-electron chi connectivity index (χ0n) is 18.2. The minimum atomic E-state index is -0.242. The van der Waals surface area contributed by atoms with Gasteiger partial charge in [-0.3, -0.25) is 29.3 Å². The van der Waals surface area contributed by atoms with Crippen LogP contribution in [0.15, 0.2) is 42.0 Å². The maximum atomic E-state index is 12.9. The standard InChI is InChI=1S/C24H25N5O3/c1-14-8-16(11-25-10-14)21-15(2)9-17(12-26-21)27-20(30)13-28-7-3-4-19-22(28)24(32)29(23(19)31)18-5-6-18/h8-12,18H,3-7,13H2,1-2H3,(H,27,30). The average Bonchev–Trinajstić information content (AvgIpc) is 3.54. The second-order valence-electron chi connectivity index (χ2n) is 8.75. The molecule has 0 bridgehead atoms. The van der Waals surface area contributed by atoms with Crippen LogP contribution in [0.4, 0.5) is 5.69 Å². The molecule has 5 rings (SSSR count). The predicted molar refractivity (Wildman–Crippen MR) is 118 cm³/mol. The first kappa shape index (κ1) is 20.4. The second kappa shape index (κ2) is 7.85. The highest BCUT2D eigenvalue weighted by Gasteiger charge is 2.48. The Kier molecular flexibility index (Phi) is 5.00. The topological polar surface area (TPSA) is 95.5 Å². The van der Waals surface area contributed by atoms with E-state index in [4.69, 9.17) is 0 Å². The van der Waals surface area contributed by atoms with Gasteiger partial charge in [0, 0.05) is 36.1 Å². The van der Waals surface area contributed by atoms with E-state index in [1.807, 2.05) is 26.0 Å². The number of nitrogens with one attached hydrogen (secondary N) is 1. The monoisotopic (exact) mass is 431 g/mol. The van der Waals surface area contributed by atoms with E-state index >= 15 is 0 Å². The highest BCUT2D eigenvalue weighted by molar-refractivity contribution is 6.19. The van der Waals surface area contributed by atoms with Gasteiger partial charge in [-0.05, 0) is 62.8 Å². The van der Waals surface area contributed by atoms with Crippen molar-refractivity contribution in [1.29, 1.82) is 0 Å². The lowest BCUT2D eigenvalue weighted by Gasteiger charge is -2.28. The number of carbonyl (C=O) groups is 3. The van der Waals surface area contributed by atoms with Crippen molar-refractivity contribution in [3.05, 3.63) is 53.1 Å². The van der Waals surface area contributed by atoms with Crippen LogP contribution in [0.1, 0.15) is 36.8 Å². The van der Waals surface area contributed by atoms with Gasteiger partial charge in [0.05, 0.1) is 24.1 Å². The van der Waals surface area contributed by atoms with E-state index in [9.17, 15) is 14.4 Å². The minimum Gasteiger partial charge on any atom is -0.357 e. The van der Waals surface area contributed by atoms with Gasteiger partial charge < -0.3 is 10.2 Å². The molecule has 2 aromatic heterocycles. The van der Waals surface area contributed by atoms with Crippen molar-refractivity contribution in [2.45, 2.75) is 45.6 Å². The number of pyridine rings is 2. The molecule has 8 heteroatoms. The highest BCUT2D eigenvalue weighted by Crippen LogP contribution is 2.38. The average molecular weight is 431 g/mol. The Hall–Kier alpha value is -3.55. The zero-order valence-corrected chi connectivity index (χ0v) is 18.2. The molecule has 164 valence electrons. The van der Waals surface area contributed by atoms with E-state index in [1.165, 1.54) is 4.90 Å². The molecular formula is C24H25N5O3. The first-order chi connectivity index (χ1) is 15.4. The molecule has 0 saturated heterocycles. The van der Waals surface area contributed by atoms with Crippen LogP contribution in [0.25, 0.3) is 11.3 Å². The second-order valence-corrected chi connectivity index (χ2v) is 8.75. The number of anilines is 1. The smallest absolute Gasteiger partial charge is 0.277 e. The van der Waals surface area contributed by atoms with Crippen molar-refractivity contribution in [2.75, 3.05) is 18.4 Å². The summed E-state index contributed by atoms with van der Waals surface area (Å²) < 4.78 is 0. The van der Waals surface area contributed by atoms with Crippen molar-refractivity contribution < 1.29 is 14.4 Å². The van der Waals surface area contributed by atoms with Gasteiger partial charge in [-0.1, -0.05) is 0 Å². The molecule has 0 unspecified atom stereocenters. The van der Waals surface area contributed by atoms with Crippen molar-refractivity contribution in [3.63, 3.8) is 0 Å². The lowest BCUT2D eigenvalue weighted by molar-refractivity contribution is -0.138. The Bertz CT molecular complexity index is 1170. The van der Waals surface area contributed by atoms with Crippen LogP contribution in [-0.2, 0) is 14.4 Å². The van der Waals surface area contributed by atoms with Crippen molar-refractivity contribution in [1.82, 2.24) is 19.8 Å². The molecule has 3 aliphatic rings. The summed E-state index contributed by atoms with van der Waals surface area (Å²) in [4.78, 5) is 50.2. The van der Waals surface area contributed by atoms with Crippen LogP contribution < -0.4 is 5.32 Å². The largest absolute Gasteiger partial charge is 0.357 e. The van der Waals surface area contributed by atoms with E-state index in [1.54, 1.807) is 23.5 Å². The summed E-state index contributed by atoms with van der Waals surface area (Å²) in [7, 11) is 0. The maximum absolute atomic E-state index is 12.9. The number of carbonyl (C=O) groups excluding carboxylic acids is 3. The summed E-state index contributed by atoms with van der Waals surface area (Å²) in [6.07, 6.45) is 8.29. The van der Waals surface area contributed by atoms with Gasteiger partial charge in [0.2, 0.25) is 5.91 Å². The van der Waals surface area contributed by atoms with Crippen molar-refractivity contribution >= 4 is 23.4 Å². The molecule has 1 fully saturated rings. The Morgan fingerprint density at radius 3 is 2.66 bits per heavy atom. The Morgan fingerprint density at radius 2 is 1.94 bits per heavy atom.